The molecule has 0 spiro atoms. The van der Waals surface area contributed by atoms with Crippen molar-refractivity contribution in [1.82, 2.24) is 4.90 Å². The van der Waals surface area contributed by atoms with Crippen LogP contribution in [0.5, 0.6) is 0 Å². The second kappa shape index (κ2) is 9.29. The number of likely N-dealkylation sites (tertiary alicyclic amines) is 1. The molecule has 0 aromatic heterocycles. The summed E-state index contributed by atoms with van der Waals surface area (Å²) in [5.74, 6) is -0.596. The molecule has 0 N–H and O–H groups in total. The lowest BCUT2D eigenvalue weighted by Crippen LogP contribution is -2.43. The number of nitrogens with zero attached hydrogens (tertiary/aromatic N) is 3. The highest BCUT2D eigenvalue weighted by Gasteiger charge is 2.29. The second-order valence-electron chi connectivity index (χ2n) is 6.86. The lowest BCUT2D eigenvalue weighted by Gasteiger charge is -2.28. The molecule has 1 saturated heterocycles. The minimum absolute atomic E-state index is 0.157. The Morgan fingerprint density at radius 2 is 1.93 bits per heavy atom. The van der Waals surface area contributed by atoms with Crippen LogP contribution in [0.15, 0.2) is 54.6 Å². The Hall–Kier alpha value is -2.71. The van der Waals surface area contributed by atoms with Gasteiger partial charge in [0.2, 0.25) is 5.91 Å². The second-order valence-corrected chi connectivity index (χ2v) is 6.86. The number of amides is 1. The van der Waals surface area contributed by atoms with E-state index < -0.39 is 5.82 Å². The van der Waals surface area contributed by atoms with E-state index in [1.54, 1.807) is 18.2 Å². The fourth-order valence-electron chi connectivity index (χ4n) is 3.69. The number of hydrogen-bond acceptors (Lipinski definition) is 3. The summed E-state index contributed by atoms with van der Waals surface area (Å²) in [4.78, 5) is 16.6. The number of hydrogen-bond donors (Lipinski definition) is 0. The van der Waals surface area contributed by atoms with E-state index in [4.69, 9.17) is 5.26 Å². The molecule has 0 bridgehead atoms. The van der Waals surface area contributed by atoms with E-state index in [1.807, 2.05) is 24.3 Å². The number of nitriles is 1. The molecular weight excluding hydrogens is 341 g/mol. The molecule has 1 aliphatic rings. The molecule has 5 heteroatoms. The van der Waals surface area contributed by atoms with Gasteiger partial charge in [-0.1, -0.05) is 42.5 Å². The molecule has 2 aromatic rings. The van der Waals surface area contributed by atoms with Crippen molar-refractivity contribution in [2.75, 3.05) is 24.5 Å². The zero-order valence-electron chi connectivity index (χ0n) is 15.4. The van der Waals surface area contributed by atoms with Crippen molar-refractivity contribution in [3.63, 3.8) is 0 Å². The van der Waals surface area contributed by atoms with Gasteiger partial charge in [-0.25, -0.2) is 4.39 Å². The fourth-order valence-corrected chi connectivity index (χ4v) is 3.69. The highest BCUT2D eigenvalue weighted by molar-refractivity contribution is 5.95. The maximum absolute atomic E-state index is 14.2. The van der Waals surface area contributed by atoms with Gasteiger partial charge in [0.15, 0.2) is 0 Å². The van der Waals surface area contributed by atoms with Crippen LogP contribution in [-0.2, 0) is 11.2 Å². The van der Waals surface area contributed by atoms with E-state index >= 15 is 0 Å². The summed E-state index contributed by atoms with van der Waals surface area (Å²) in [5, 5.41) is 8.91. The first-order valence-electron chi connectivity index (χ1n) is 9.39. The molecule has 1 aliphatic heterocycles. The van der Waals surface area contributed by atoms with Gasteiger partial charge in [-0.05, 0) is 43.5 Å². The van der Waals surface area contributed by atoms with Gasteiger partial charge in [0.25, 0.3) is 0 Å². The van der Waals surface area contributed by atoms with E-state index in [9.17, 15) is 9.18 Å². The average Bonchev–Trinajstić information content (AvgIpc) is 3.11. The van der Waals surface area contributed by atoms with Gasteiger partial charge in [-0.15, -0.1) is 0 Å². The SMILES string of the molecule is N#CCCN(C(=O)CN1CCCC1Cc1ccccc1)c1ccccc1F. The van der Waals surface area contributed by atoms with E-state index in [0.717, 1.165) is 25.8 Å². The summed E-state index contributed by atoms with van der Waals surface area (Å²) in [6.45, 7) is 1.32. The maximum Gasteiger partial charge on any atom is 0.241 e. The van der Waals surface area contributed by atoms with Gasteiger partial charge in [-0.2, -0.15) is 5.26 Å². The van der Waals surface area contributed by atoms with Crippen molar-refractivity contribution >= 4 is 11.6 Å². The summed E-state index contributed by atoms with van der Waals surface area (Å²) in [7, 11) is 0. The van der Waals surface area contributed by atoms with Crippen molar-refractivity contribution in [1.29, 1.82) is 5.26 Å². The van der Waals surface area contributed by atoms with Crippen molar-refractivity contribution < 1.29 is 9.18 Å². The smallest absolute Gasteiger partial charge is 0.241 e. The molecule has 1 fully saturated rings. The third kappa shape index (κ3) is 4.93. The van der Waals surface area contributed by atoms with E-state index in [-0.39, 0.29) is 31.1 Å². The van der Waals surface area contributed by atoms with Crippen molar-refractivity contribution in [2.45, 2.75) is 31.7 Å². The molecule has 0 saturated carbocycles. The Kier molecular flexibility index (Phi) is 6.56. The van der Waals surface area contributed by atoms with Gasteiger partial charge >= 0.3 is 0 Å². The van der Waals surface area contributed by atoms with Crippen LogP contribution in [0.4, 0.5) is 10.1 Å². The Balaban J connectivity index is 1.70. The third-order valence-corrected chi connectivity index (χ3v) is 5.04. The van der Waals surface area contributed by atoms with E-state index in [1.165, 1.54) is 16.5 Å². The Bertz CT molecular complexity index is 803. The van der Waals surface area contributed by atoms with Crippen LogP contribution in [0.1, 0.15) is 24.8 Å². The lowest BCUT2D eigenvalue weighted by atomic mass is 10.0. The zero-order chi connectivity index (χ0) is 19.1. The van der Waals surface area contributed by atoms with Gasteiger partial charge in [0.1, 0.15) is 5.82 Å². The van der Waals surface area contributed by atoms with E-state index in [0.29, 0.717) is 6.04 Å². The van der Waals surface area contributed by atoms with Gasteiger partial charge in [-0.3, -0.25) is 9.69 Å². The maximum atomic E-state index is 14.2. The molecule has 1 atom stereocenters. The topological polar surface area (TPSA) is 47.3 Å². The standard InChI is InChI=1S/C22H24FN3O/c23-20-11-4-5-12-21(20)26(15-7-13-24)22(27)17-25-14-6-10-19(25)16-18-8-2-1-3-9-18/h1-5,8-9,11-12,19H,6-7,10,14-17H2. The molecule has 1 unspecified atom stereocenters. The number of anilines is 1. The first-order chi connectivity index (χ1) is 13.2. The van der Waals surface area contributed by atoms with Gasteiger partial charge in [0.05, 0.1) is 24.7 Å². The van der Waals surface area contributed by atoms with Gasteiger partial charge in [0, 0.05) is 12.6 Å². The number of rotatable bonds is 7. The predicted molar refractivity (Wildman–Crippen MR) is 104 cm³/mol. The van der Waals surface area contributed by atoms with Crippen LogP contribution < -0.4 is 4.90 Å². The Morgan fingerprint density at radius 1 is 1.19 bits per heavy atom. The van der Waals surface area contributed by atoms with Crippen LogP contribution in [0.3, 0.4) is 0 Å². The molecule has 1 amide bonds. The molecule has 1 heterocycles. The zero-order valence-corrected chi connectivity index (χ0v) is 15.4. The minimum atomic E-state index is -0.439. The molecular formula is C22H24FN3O. The summed E-state index contributed by atoms with van der Waals surface area (Å²) >= 11 is 0. The van der Waals surface area contributed by atoms with Crippen molar-refractivity contribution in [3.05, 3.63) is 66.0 Å². The minimum Gasteiger partial charge on any atom is -0.308 e. The number of carbonyl (C=O) groups is 1. The average molecular weight is 365 g/mol. The summed E-state index contributed by atoms with van der Waals surface area (Å²) in [6, 6.07) is 18.9. The molecule has 0 aliphatic carbocycles. The first-order valence-corrected chi connectivity index (χ1v) is 9.39. The number of halogens is 1. The highest BCUT2D eigenvalue weighted by atomic mass is 19.1. The molecule has 140 valence electrons. The molecule has 3 rings (SSSR count). The van der Waals surface area contributed by atoms with Crippen molar-refractivity contribution in [2.24, 2.45) is 0 Å². The molecule has 0 radical (unpaired) electrons. The van der Waals surface area contributed by atoms with Crippen molar-refractivity contribution in [3.8, 4) is 6.07 Å². The lowest BCUT2D eigenvalue weighted by molar-refractivity contribution is -0.120. The first kappa shape index (κ1) is 19.1. The predicted octanol–water partition coefficient (Wildman–Crippen LogP) is 3.78. The third-order valence-electron chi connectivity index (χ3n) is 5.04. The van der Waals surface area contributed by atoms with Crippen LogP contribution in [0.25, 0.3) is 0 Å². The number of para-hydroxylation sites is 1. The summed E-state index contributed by atoms with van der Waals surface area (Å²) in [6.07, 6.45) is 3.20. The van der Waals surface area contributed by atoms with Crippen LogP contribution >= 0.6 is 0 Å². The van der Waals surface area contributed by atoms with Gasteiger partial charge < -0.3 is 4.90 Å². The highest BCUT2D eigenvalue weighted by Crippen LogP contribution is 2.23. The monoisotopic (exact) mass is 365 g/mol. The molecule has 4 nitrogen and oxygen atoms in total. The fraction of sp³-hybridized carbons (Fsp3) is 0.364. The normalized spacial score (nSPS) is 16.8. The summed E-state index contributed by atoms with van der Waals surface area (Å²) in [5.41, 5.74) is 1.51. The van der Waals surface area contributed by atoms with Crippen LogP contribution in [0.2, 0.25) is 0 Å². The number of carbonyl (C=O) groups excluding carboxylic acids is 1. The van der Waals surface area contributed by atoms with Crippen LogP contribution in [0, 0.1) is 17.1 Å². The Morgan fingerprint density at radius 3 is 2.67 bits per heavy atom. The van der Waals surface area contributed by atoms with E-state index in [2.05, 4.69) is 17.0 Å². The van der Waals surface area contributed by atoms with Crippen LogP contribution in [-0.4, -0.2) is 36.5 Å². The number of benzene rings is 2. The quantitative estimate of drug-likeness (QED) is 0.750. The summed E-state index contributed by atoms with van der Waals surface area (Å²) < 4.78 is 14.2. The molecule has 2 aromatic carbocycles. The molecule has 27 heavy (non-hydrogen) atoms. The Labute approximate surface area is 159 Å². The largest absolute Gasteiger partial charge is 0.308 e.